The molecule has 3 fully saturated rings. The molecule has 0 bridgehead atoms. The van der Waals surface area contributed by atoms with E-state index in [0.29, 0.717) is 42.2 Å². The molecule has 3 aromatic rings. The van der Waals surface area contributed by atoms with Crippen molar-refractivity contribution < 1.29 is 17.9 Å². The van der Waals surface area contributed by atoms with Crippen molar-refractivity contribution in [2.45, 2.75) is 83.2 Å². The minimum absolute atomic E-state index is 0.00708. The third-order valence-corrected chi connectivity index (χ3v) is 9.38. The number of alkyl halides is 2. The lowest BCUT2D eigenvalue weighted by atomic mass is 9.73. The first kappa shape index (κ1) is 28.5. The van der Waals surface area contributed by atoms with Crippen molar-refractivity contribution in [3.63, 3.8) is 0 Å². The van der Waals surface area contributed by atoms with Crippen LogP contribution in [0.25, 0.3) is 11.2 Å². The zero-order valence-corrected chi connectivity index (χ0v) is 24.5. The van der Waals surface area contributed by atoms with Crippen molar-refractivity contribution in [2.24, 2.45) is 13.0 Å². The number of anilines is 1. The van der Waals surface area contributed by atoms with Crippen LogP contribution in [0.1, 0.15) is 57.0 Å². The Labute approximate surface area is 242 Å². The second-order valence-corrected chi connectivity index (χ2v) is 12.5. The minimum Gasteiger partial charge on any atom is -0.376 e. The molecule has 1 saturated carbocycles. The van der Waals surface area contributed by atoms with Gasteiger partial charge in [0.1, 0.15) is 22.8 Å². The highest BCUT2D eigenvalue weighted by atomic mass is 35.5. The molecule has 2 saturated heterocycles. The lowest BCUT2D eigenvalue weighted by Crippen LogP contribution is -2.60. The van der Waals surface area contributed by atoms with Gasteiger partial charge in [0.2, 0.25) is 5.92 Å². The Balaban J connectivity index is 1.33. The van der Waals surface area contributed by atoms with E-state index in [9.17, 15) is 18.0 Å². The number of aryl methyl sites for hydroxylation is 2. The van der Waals surface area contributed by atoms with Crippen LogP contribution in [0.15, 0.2) is 23.0 Å². The highest BCUT2D eigenvalue weighted by Gasteiger charge is 2.51. The van der Waals surface area contributed by atoms with E-state index in [1.807, 2.05) is 25.3 Å². The van der Waals surface area contributed by atoms with Gasteiger partial charge in [0, 0.05) is 57.7 Å². The maximum absolute atomic E-state index is 14.5. The number of piperazine rings is 1. The summed E-state index contributed by atoms with van der Waals surface area (Å²) in [6.45, 7) is 8.38. The van der Waals surface area contributed by atoms with Gasteiger partial charge in [-0.05, 0) is 57.2 Å². The topological polar surface area (TPSA) is 68.4 Å². The molecule has 8 nitrogen and oxygen atoms in total. The molecule has 1 aliphatic carbocycles. The first-order chi connectivity index (χ1) is 19.4. The van der Waals surface area contributed by atoms with Gasteiger partial charge in [-0.1, -0.05) is 17.7 Å². The van der Waals surface area contributed by atoms with Crippen LogP contribution < -0.4 is 10.6 Å². The fourth-order valence-corrected chi connectivity index (χ4v) is 7.08. The Bertz CT molecular complexity index is 1510. The summed E-state index contributed by atoms with van der Waals surface area (Å²) < 4.78 is 52.0. The predicted molar refractivity (Wildman–Crippen MR) is 151 cm³/mol. The van der Waals surface area contributed by atoms with Crippen LogP contribution in [-0.2, 0) is 18.3 Å². The number of nitrogens with zero attached hydrogens (tertiary/aromatic N) is 6. The Morgan fingerprint density at radius 2 is 1.93 bits per heavy atom. The number of ether oxygens (including phenoxy) is 1. The third kappa shape index (κ3) is 5.14. The maximum atomic E-state index is 14.5. The van der Waals surface area contributed by atoms with Crippen LogP contribution in [-0.4, -0.2) is 67.8 Å². The van der Waals surface area contributed by atoms with Crippen molar-refractivity contribution in [2.75, 3.05) is 24.6 Å². The summed E-state index contributed by atoms with van der Waals surface area (Å²) in [4.78, 5) is 26.8. The molecule has 222 valence electrons. The van der Waals surface area contributed by atoms with Gasteiger partial charge >= 0.3 is 5.69 Å². The van der Waals surface area contributed by atoms with Crippen LogP contribution in [0.4, 0.5) is 19.0 Å². The summed E-state index contributed by atoms with van der Waals surface area (Å²) in [5.41, 5.74) is 1.65. The Kier molecular flexibility index (Phi) is 7.35. The van der Waals surface area contributed by atoms with Crippen molar-refractivity contribution in [1.82, 2.24) is 24.0 Å². The van der Waals surface area contributed by atoms with E-state index in [1.54, 1.807) is 17.7 Å². The highest BCUT2D eigenvalue weighted by molar-refractivity contribution is 6.30. The second kappa shape index (κ2) is 10.6. The molecular weight excluding hydrogens is 557 g/mol. The zero-order chi connectivity index (χ0) is 29.2. The summed E-state index contributed by atoms with van der Waals surface area (Å²) in [7, 11) is 1.71. The van der Waals surface area contributed by atoms with Crippen LogP contribution in [0, 0.1) is 18.7 Å². The summed E-state index contributed by atoms with van der Waals surface area (Å²) in [6.07, 6.45) is 1.59. The number of hydrogen-bond acceptors (Lipinski definition) is 6. The van der Waals surface area contributed by atoms with E-state index in [0.717, 1.165) is 25.3 Å². The van der Waals surface area contributed by atoms with E-state index in [1.165, 1.54) is 12.1 Å². The standard InChI is InChI=1S/C29H36ClF3N6O2/c1-16-14-38(26-24-27(36(4)28(40)35-26)39(18(3)34-24)15-21-6-5-9-41-21)17(2)13-37(16)25(20-11-29(32,33)12-20)19-7-8-22(30)23(31)10-19/h7-8,10,16-17,20-21,25H,5-6,9,11-15H2,1-4H3/t16-,17+,21+,25?/m1/s1. The van der Waals surface area contributed by atoms with Gasteiger partial charge in [-0.2, -0.15) is 4.98 Å². The molecule has 1 unspecified atom stereocenters. The molecule has 0 spiro atoms. The predicted octanol–water partition coefficient (Wildman–Crippen LogP) is 5.10. The van der Waals surface area contributed by atoms with Gasteiger partial charge in [0.25, 0.3) is 0 Å². The third-order valence-electron chi connectivity index (χ3n) is 9.08. The van der Waals surface area contributed by atoms with Crippen LogP contribution in [0.5, 0.6) is 0 Å². The molecular formula is C29H36ClF3N6O2. The molecule has 2 aromatic heterocycles. The van der Waals surface area contributed by atoms with Gasteiger partial charge in [-0.3, -0.25) is 9.47 Å². The fourth-order valence-electron chi connectivity index (χ4n) is 6.96. The number of halogens is 4. The summed E-state index contributed by atoms with van der Waals surface area (Å²) in [6, 6.07) is 4.02. The highest BCUT2D eigenvalue weighted by Crippen LogP contribution is 2.51. The summed E-state index contributed by atoms with van der Waals surface area (Å²) in [5.74, 6) is -2.25. The molecule has 4 atom stereocenters. The summed E-state index contributed by atoms with van der Waals surface area (Å²) in [5, 5.41) is 0.00708. The normalized spacial score (nSPS) is 26.0. The van der Waals surface area contributed by atoms with Gasteiger partial charge in [0.05, 0.1) is 17.7 Å². The lowest BCUT2D eigenvalue weighted by molar-refractivity contribution is -0.137. The summed E-state index contributed by atoms with van der Waals surface area (Å²) >= 11 is 5.95. The SMILES string of the molecule is Cc1nc2c(N3C[C@@H](C)N(C(c4ccc(Cl)c(F)c4)C4CC(F)(F)C4)C[C@@H]3C)nc(=O)n(C)c2n1C[C@@H]1CCCO1. The molecule has 3 aliphatic rings. The fraction of sp³-hybridized carbons (Fsp3) is 0.621. The molecule has 4 heterocycles. The van der Waals surface area contributed by atoms with E-state index >= 15 is 0 Å². The number of benzene rings is 1. The van der Waals surface area contributed by atoms with Gasteiger partial charge in [-0.25, -0.2) is 22.9 Å². The number of imidazole rings is 1. The molecule has 12 heteroatoms. The van der Waals surface area contributed by atoms with Crippen molar-refractivity contribution in [3.05, 3.63) is 50.9 Å². The largest absolute Gasteiger partial charge is 0.376 e. The van der Waals surface area contributed by atoms with E-state index in [2.05, 4.69) is 14.8 Å². The van der Waals surface area contributed by atoms with Crippen molar-refractivity contribution >= 4 is 28.6 Å². The van der Waals surface area contributed by atoms with Crippen LogP contribution in [0.2, 0.25) is 5.02 Å². The number of hydrogen-bond donors (Lipinski definition) is 0. The quantitative estimate of drug-likeness (QED) is 0.397. The molecule has 1 aromatic carbocycles. The smallest absolute Gasteiger partial charge is 0.350 e. The van der Waals surface area contributed by atoms with E-state index in [4.69, 9.17) is 21.3 Å². The molecule has 0 amide bonds. The first-order valence-corrected chi connectivity index (χ1v) is 14.7. The van der Waals surface area contributed by atoms with E-state index in [-0.39, 0.29) is 53.7 Å². The van der Waals surface area contributed by atoms with Crippen molar-refractivity contribution in [3.8, 4) is 0 Å². The Morgan fingerprint density at radius 3 is 2.59 bits per heavy atom. The molecule has 41 heavy (non-hydrogen) atoms. The average molecular weight is 593 g/mol. The second-order valence-electron chi connectivity index (χ2n) is 12.0. The zero-order valence-electron chi connectivity index (χ0n) is 23.8. The number of rotatable bonds is 6. The first-order valence-electron chi connectivity index (χ1n) is 14.3. The maximum Gasteiger partial charge on any atom is 0.350 e. The number of aromatic nitrogens is 4. The monoisotopic (exact) mass is 592 g/mol. The van der Waals surface area contributed by atoms with E-state index < -0.39 is 11.7 Å². The molecule has 0 N–H and O–H groups in total. The van der Waals surface area contributed by atoms with Crippen LogP contribution in [0.3, 0.4) is 0 Å². The van der Waals surface area contributed by atoms with Gasteiger partial charge in [0.15, 0.2) is 5.82 Å². The van der Waals surface area contributed by atoms with Crippen molar-refractivity contribution in [1.29, 1.82) is 0 Å². The molecule has 2 aliphatic heterocycles. The minimum atomic E-state index is -2.70. The lowest BCUT2D eigenvalue weighted by Gasteiger charge is -2.52. The molecule has 0 radical (unpaired) electrons. The Hall–Kier alpha value is -2.63. The average Bonchev–Trinajstić information content (AvgIpc) is 3.53. The molecule has 6 rings (SSSR count). The van der Waals surface area contributed by atoms with Gasteiger partial charge < -0.3 is 14.2 Å². The number of fused-ring (bicyclic) bond motifs is 1. The van der Waals surface area contributed by atoms with Crippen LogP contribution >= 0.6 is 11.6 Å². The van der Waals surface area contributed by atoms with Gasteiger partial charge in [-0.15, -0.1) is 0 Å². The Morgan fingerprint density at radius 1 is 1.17 bits per heavy atom.